The number of hydrogen-bond acceptors (Lipinski definition) is 4. The predicted molar refractivity (Wildman–Crippen MR) is 105 cm³/mol. The van der Waals surface area contributed by atoms with Gasteiger partial charge in [-0.05, 0) is 43.0 Å². The van der Waals surface area contributed by atoms with Crippen molar-refractivity contribution in [2.24, 2.45) is 5.73 Å². The lowest BCUT2D eigenvalue weighted by Crippen LogP contribution is -2.34. The summed E-state index contributed by atoms with van der Waals surface area (Å²) in [7, 11) is 0. The van der Waals surface area contributed by atoms with Crippen LogP contribution in [0.3, 0.4) is 0 Å². The quantitative estimate of drug-likeness (QED) is 0.729. The van der Waals surface area contributed by atoms with Gasteiger partial charge in [-0.1, -0.05) is 41.9 Å². The summed E-state index contributed by atoms with van der Waals surface area (Å²) in [6.45, 7) is 0.155. The fraction of sp³-hybridized carbons (Fsp3) is 0.300. The van der Waals surface area contributed by atoms with Gasteiger partial charge in [0.25, 0.3) is 5.91 Å². The predicted octanol–water partition coefficient (Wildman–Crippen LogP) is 3.70. The number of amides is 2. The zero-order valence-electron chi connectivity index (χ0n) is 14.8. The summed E-state index contributed by atoms with van der Waals surface area (Å²) in [5.74, 6) is -0.239. The van der Waals surface area contributed by atoms with E-state index in [2.05, 4.69) is 10.6 Å². The highest BCUT2D eigenvalue weighted by molar-refractivity contribution is 6.31. The average Bonchev–Trinajstić information content (AvgIpc) is 3.05. The van der Waals surface area contributed by atoms with Gasteiger partial charge in [-0.3, -0.25) is 10.1 Å². The molecular formula is C20H22ClN3O3. The lowest BCUT2D eigenvalue weighted by molar-refractivity contribution is 0.0937. The molecule has 1 aliphatic carbocycles. The molecule has 7 heteroatoms. The van der Waals surface area contributed by atoms with Crippen molar-refractivity contribution >= 4 is 29.3 Å². The van der Waals surface area contributed by atoms with Crippen LogP contribution in [0.1, 0.15) is 35.2 Å². The molecule has 0 radical (unpaired) electrons. The SMILES string of the molecule is N[C@@H]1CC[C@H](NC(=O)c2cc(Cl)cc(NC(=O)OCc3ccccc3)c2)C1. The maximum atomic E-state index is 12.5. The van der Waals surface area contributed by atoms with Crippen molar-refractivity contribution in [3.05, 3.63) is 64.7 Å². The Morgan fingerprint density at radius 3 is 2.63 bits per heavy atom. The molecule has 0 spiro atoms. The van der Waals surface area contributed by atoms with Crippen LogP contribution in [-0.2, 0) is 11.3 Å². The highest BCUT2D eigenvalue weighted by atomic mass is 35.5. The summed E-state index contributed by atoms with van der Waals surface area (Å²) in [5, 5.41) is 5.91. The van der Waals surface area contributed by atoms with E-state index in [9.17, 15) is 9.59 Å². The summed E-state index contributed by atoms with van der Waals surface area (Å²) < 4.78 is 5.18. The summed E-state index contributed by atoms with van der Waals surface area (Å²) in [6, 6.07) is 14.3. The fourth-order valence-corrected chi connectivity index (χ4v) is 3.32. The molecule has 1 fully saturated rings. The molecule has 1 aliphatic rings. The minimum atomic E-state index is -0.616. The van der Waals surface area contributed by atoms with Gasteiger partial charge in [0.2, 0.25) is 0 Å². The van der Waals surface area contributed by atoms with Crippen LogP contribution < -0.4 is 16.4 Å². The highest BCUT2D eigenvalue weighted by Gasteiger charge is 2.23. The van der Waals surface area contributed by atoms with Crippen LogP contribution in [0.25, 0.3) is 0 Å². The van der Waals surface area contributed by atoms with Gasteiger partial charge in [-0.2, -0.15) is 0 Å². The van der Waals surface area contributed by atoms with Crippen LogP contribution in [0.5, 0.6) is 0 Å². The van der Waals surface area contributed by atoms with E-state index in [4.69, 9.17) is 22.1 Å². The Bertz CT molecular complexity index is 813. The Morgan fingerprint density at radius 1 is 1.15 bits per heavy atom. The zero-order valence-corrected chi connectivity index (χ0v) is 15.5. The van der Waals surface area contributed by atoms with E-state index < -0.39 is 6.09 Å². The zero-order chi connectivity index (χ0) is 19.2. The molecule has 2 atom stereocenters. The van der Waals surface area contributed by atoms with E-state index in [1.54, 1.807) is 18.2 Å². The minimum absolute atomic E-state index is 0.0683. The van der Waals surface area contributed by atoms with Gasteiger partial charge in [-0.25, -0.2) is 4.79 Å². The molecule has 0 unspecified atom stereocenters. The molecule has 0 bridgehead atoms. The van der Waals surface area contributed by atoms with Crippen molar-refractivity contribution in [3.8, 4) is 0 Å². The van der Waals surface area contributed by atoms with Crippen LogP contribution in [-0.4, -0.2) is 24.1 Å². The van der Waals surface area contributed by atoms with Crippen molar-refractivity contribution in [1.29, 1.82) is 0 Å². The van der Waals surface area contributed by atoms with Crippen LogP contribution >= 0.6 is 11.6 Å². The van der Waals surface area contributed by atoms with E-state index in [0.717, 1.165) is 24.8 Å². The Balaban J connectivity index is 1.59. The Labute approximate surface area is 163 Å². The number of ether oxygens (including phenoxy) is 1. The monoisotopic (exact) mass is 387 g/mol. The Morgan fingerprint density at radius 2 is 1.93 bits per heavy atom. The van der Waals surface area contributed by atoms with Crippen LogP contribution in [0.2, 0.25) is 5.02 Å². The van der Waals surface area contributed by atoms with Gasteiger partial charge in [-0.15, -0.1) is 0 Å². The molecule has 0 aromatic heterocycles. The molecule has 2 aromatic carbocycles. The smallest absolute Gasteiger partial charge is 0.411 e. The Hall–Kier alpha value is -2.57. The third-order valence-corrected chi connectivity index (χ3v) is 4.65. The van der Waals surface area contributed by atoms with Gasteiger partial charge in [0.05, 0.1) is 0 Å². The number of hydrogen-bond donors (Lipinski definition) is 3. The maximum absolute atomic E-state index is 12.5. The van der Waals surface area contributed by atoms with Gasteiger partial charge in [0.15, 0.2) is 0 Å². The summed E-state index contributed by atoms with van der Waals surface area (Å²) in [5.41, 5.74) is 7.54. The number of nitrogens with one attached hydrogen (secondary N) is 2. The third kappa shape index (κ3) is 5.70. The first-order valence-corrected chi connectivity index (χ1v) is 9.22. The van der Waals surface area contributed by atoms with E-state index in [1.807, 2.05) is 30.3 Å². The second-order valence-corrected chi connectivity index (χ2v) is 7.10. The molecule has 3 rings (SSSR count). The van der Waals surface area contributed by atoms with E-state index in [0.29, 0.717) is 16.3 Å². The van der Waals surface area contributed by atoms with Crippen molar-refractivity contribution in [1.82, 2.24) is 5.32 Å². The molecule has 0 saturated heterocycles. The van der Waals surface area contributed by atoms with Gasteiger partial charge in [0, 0.05) is 28.4 Å². The van der Waals surface area contributed by atoms with Crippen LogP contribution in [0.15, 0.2) is 48.5 Å². The number of halogens is 1. The first-order valence-electron chi connectivity index (χ1n) is 8.84. The molecular weight excluding hydrogens is 366 g/mol. The molecule has 2 aromatic rings. The van der Waals surface area contributed by atoms with Crippen LogP contribution in [0.4, 0.5) is 10.5 Å². The second-order valence-electron chi connectivity index (χ2n) is 6.66. The lowest BCUT2D eigenvalue weighted by Gasteiger charge is -2.14. The summed E-state index contributed by atoms with van der Waals surface area (Å²) in [6.07, 6.45) is 1.92. The van der Waals surface area contributed by atoms with Crippen molar-refractivity contribution in [3.63, 3.8) is 0 Å². The highest BCUT2D eigenvalue weighted by Crippen LogP contribution is 2.21. The van der Waals surface area contributed by atoms with Crippen molar-refractivity contribution in [2.45, 2.75) is 38.0 Å². The number of benzene rings is 2. The van der Waals surface area contributed by atoms with Crippen LogP contribution in [0, 0.1) is 0 Å². The molecule has 6 nitrogen and oxygen atoms in total. The molecule has 0 aliphatic heterocycles. The molecule has 27 heavy (non-hydrogen) atoms. The minimum Gasteiger partial charge on any atom is -0.444 e. The van der Waals surface area contributed by atoms with E-state index in [-0.39, 0.29) is 24.6 Å². The average molecular weight is 388 g/mol. The van der Waals surface area contributed by atoms with Gasteiger partial charge >= 0.3 is 6.09 Å². The molecule has 142 valence electrons. The second kappa shape index (κ2) is 8.88. The van der Waals surface area contributed by atoms with Gasteiger partial charge < -0.3 is 15.8 Å². The number of nitrogens with two attached hydrogens (primary N) is 1. The third-order valence-electron chi connectivity index (χ3n) is 4.43. The largest absolute Gasteiger partial charge is 0.444 e. The molecule has 4 N–H and O–H groups in total. The summed E-state index contributed by atoms with van der Waals surface area (Å²) in [4.78, 5) is 24.5. The number of carbonyl (C=O) groups is 2. The van der Waals surface area contributed by atoms with Crippen molar-refractivity contribution in [2.75, 3.05) is 5.32 Å². The summed E-state index contributed by atoms with van der Waals surface area (Å²) >= 11 is 6.10. The lowest BCUT2D eigenvalue weighted by atomic mass is 10.1. The number of carbonyl (C=O) groups excluding carboxylic acids is 2. The molecule has 1 saturated carbocycles. The number of anilines is 1. The normalized spacial score (nSPS) is 18.7. The number of rotatable bonds is 5. The van der Waals surface area contributed by atoms with E-state index in [1.165, 1.54) is 0 Å². The van der Waals surface area contributed by atoms with Crippen molar-refractivity contribution < 1.29 is 14.3 Å². The van der Waals surface area contributed by atoms with E-state index >= 15 is 0 Å². The van der Waals surface area contributed by atoms with Gasteiger partial charge in [0.1, 0.15) is 6.61 Å². The molecule has 2 amide bonds. The Kier molecular flexibility index (Phi) is 6.32. The molecule has 0 heterocycles. The first-order chi connectivity index (χ1) is 13.0. The maximum Gasteiger partial charge on any atom is 0.411 e. The standard InChI is InChI=1S/C20H22ClN3O3/c21-15-8-14(19(25)23-17-7-6-16(22)11-17)9-18(10-15)24-20(26)27-12-13-4-2-1-3-5-13/h1-5,8-10,16-17H,6-7,11-12,22H2,(H,23,25)(H,24,26)/t16-,17+/m1/s1. The fourth-order valence-electron chi connectivity index (χ4n) is 3.09. The first kappa shape index (κ1) is 19.2. The topological polar surface area (TPSA) is 93.5 Å².